The number of anilines is 1. The number of aromatic nitrogens is 1. The predicted molar refractivity (Wildman–Crippen MR) is 63.9 cm³/mol. The second-order valence-electron chi connectivity index (χ2n) is 3.92. The van der Waals surface area contributed by atoms with Crippen molar-refractivity contribution in [3.63, 3.8) is 0 Å². The smallest absolute Gasteiger partial charge is 0.408 e. The lowest BCUT2D eigenvalue weighted by molar-refractivity contribution is 0.145. The molecule has 1 aliphatic rings. The Balaban J connectivity index is 2.02. The first-order chi connectivity index (χ1) is 8.16. The molecule has 1 aliphatic heterocycles. The third kappa shape index (κ3) is 2.85. The number of nitrogens with two attached hydrogens (primary N) is 1. The summed E-state index contributed by atoms with van der Waals surface area (Å²) in [6.45, 7) is 4.69. The molecule has 0 spiro atoms. The van der Waals surface area contributed by atoms with Crippen molar-refractivity contribution in [2.24, 2.45) is 0 Å². The zero-order valence-electron chi connectivity index (χ0n) is 9.77. The maximum atomic E-state index is 11.8. The van der Waals surface area contributed by atoms with E-state index in [9.17, 15) is 4.79 Å². The first-order valence-electron chi connectivity index (χ1n) is 5.57. The Morgan fingerprint density at radius 1 is 1.47 bits per heavy atom. The first kappa shape index (κ1) is 11.7. The lowest BCUT2D eigenvalue weighted by Crippen LogP contribution is -2.47. The summed E-state index contributed by atoms with van der Waals surface area (Å²) >= 11 is 0. The molecule has 0 radical (unpaired) electrons. The molecule has 1 fully saturated rings. The Kier molecular flexibility index (Phi) is 3.43. The molecule has 2 heterocycles. The monoisotopic (exact) mass is 236 g/mol. The number of ether oxygens (including phenoxy) is 1. The Morgan fingerprint density at radius 2 is 2.18 bits per heavy atom. The molecular weight excluding hydrogens is 220 g/mol. The fourth-order valence-electron chi connectivity index (χ4n) is 1.68. The van der Waals surface area contributed by atoms with Crippen molar-refractivity contribution in [2.75, 3.05) is 31.9 Å². The van der Waals surface area contributed by atoms with Gasteiger partial charge in [0, 0.05) is 26.2 Å². The molecule has 1 saturated heterocycles. The van der Waals surface area contributed by atoms with Gasteiger partial charge in [-0.3, -0.25) is 0 Å². The zero-order valence-corrected chi connectivity index (χ0v) is 9.77. The number of piperazine rings is 1. The summed E-state index contributed by atoms with van der Waals surface area (Å²) in [5, 5.41) is 3.17. The van der Waals surface area contributed by atoms with E-state index in [0.717, 1.165) is 13.1 Å². The van der Waals surface area contributed by atoms with Crippen LogP contribution in [-0.2, 0) is 0 Å². The van der Waals surface area contributed by atoms with Gasteiger partial charge in [-0.05, 0) is 19.1 Å². The maximum Gasteiger partial charge on any atom is 0.415 e. The molecule has 1 aromatic heterocycles. The highest BCUT2D eigenvalue weighted by Crippen LogP contribution is 2.17. The van der Waals surface area contributed by atoms with E-state index in [4.69, 9.17) is 10.5 Å². The summed E-state index contributed by atoms with van der Waals surface area (Å²) in [6, 6.07) is 3.28. The number of nitrogens with one attached hydrogen (secondary N) is 1. The van der Waals surface area contributed by atoms with Crippen LogP contribution in [0, 0.1) is 6.92 Å². The Labute approximate surface area is 99.8 Å². The molecule has 0 aromatic carbocycles. The van der Waals surface area contributed by atoms with Gasteiger partial charge in [-0.25, -0.2) is 9.78 Å². The van der Waals surface area contributed by atoms with Crippen LogP contribution < -0.4 is 15.8 Å². The average molecular weight is 236 g/mol. The first-order valence-corrected chi connectivity index (χ1v) is 5.57. The van der Waals surface area contributed by atoms with Crippen LogP contribution in [0.15, 0.2) is 12.1 Å². The van der Waals surface area contributed by atoms with E-state index >= 15 is 0 Å². The van der Waals surface area contributed by atoms with Crippen molar-refractivity contribution in [2.45, 2.75) is 6.92 Å². The van der Waals surface area contributed by atoms with Gasteiger partial charge in [-0.1, -0.05) is 0 Å². The SMILES string of the molecule is Cc1nc(N)ccc1OC(=O)N1CCNCC1. The van der Waals surface area contributed by atoms with Crippen molar-refractivity contribution in [1.82, 2.24) is 15.2 Å². The van der Waals surface area contributed by atoms with Gasteiger partial charge in [-0.15, -0.1) is 0 Å². The van der Waals surface area contributed by atoms with Crippen molar-refractivity contribution < 1.29 is 9.53 Å². The number of amides is 1. The molecule has 0 atom stereocenters. The van der Waals surface area contributed by atoms with E-state index in [1.54, 1.807) is 24.0 Å². The van der Waals surface area contributed by atoms with E-state index in [1.165, 1.54) is 0 Å². The van der Waals surface area contributed by atoms with Gasteiger partial charge in [0.15, 0.2) is 5.75 Å². The normalized spacial score (nSPS) is 15.7. The van der Waals surface area contributed by atoms with Crippen LogP contribution in [0.2, 0.25) is 0 Å². The molecule has 0 aliphatic carbocycles. The minimum atomic E-state index is -0.332. The van der Waals surface area contributed by atoms with E-state index in [-0.39, 0.29) is 6.09 Å². The summed E-state index contributed by atoms with van der Waals surface area (Å²) in [6.07, 6.45) is -0.332. The standard InChI is InChI=1S/C11H16N4O2/c1-8-9(2-3-10(12)14-8)17-11(16)15-6-4-13-5-7-15/h2-3,13H,4-7H2,1H3,(H2,12,14). The highest BCUT2D eigenvalue weighted by Gasteiger charge is 2.18. The van der Waals surface area contributed by atoms with E-state index < -0.39 is 0 Å². The van der Waals surface area contributed by atoms with Crippen LogP contribution in [0.4, 0.5) is 10.6 Å². The van der Waals surface area contributed by atoms with Crippen LogP contribution in [0.25, 0.3) is 0 Å². The zero-order chi connectivity index (χ0) is 12.3. The molecule has 0 unspecified atom stereocenters. The van der Waals surface area contributed by atoms with Gasteiger partial charge in [0.1, 0.15) is 5.82 Å². The second-order valence-corrected chi connectivity index (χ2v) is 3.92. The van der Waals surface area contributed by atoms with E-state index in [0.29, 0.717) is 30.4 Å². The Morgan fingerprint density at radius 3 is 2.82 bits per heavy atom. The number of carbonyl (C=O) groups is 1. The number of rotatable bonds is 1. The molecule has 6 heteroatoms. The molecule has 17 heavy (non-hydrogen) atoms. The van der Waals surface area contributed by atoms with Gasteiger partial charge in [0.25, 0.3) is 0 Å². The second kappa shape index (κ2) is 5.01. The van der Waals surface area contributed by atoms with Gasteiger partial charge < -0.3 is 20.7 Å². The molecule has 0 saturated carbocycles. The van der Waals surface area contributed by atoms with Gasteiger partial charge in [0.05, 0.1) is 5.69 Å². The Hall–Kier alpha value is -1.82. The van der Waals surface area contributed by atoms with Crippen molar-refractivity contribution in [3.05, 3.63) is 17.8 Å². The van der Waals surface area contributed by atoms with Crippen LogP contribution >= 0.6 is 0 Å². The minimum absolute atomic E-state index is 0.332. The number of nitrogen functional groups attached to an aromatic ring is 1. The lowest BCUT2D eigenvalue weighted by Gasteiger charge is -2.26. The third-order valence-corrected chi connectivity index (χ3v) is 2.63. The summed E-state index contributed by atoms with van der Waals surface area (Å²) in [7, 11) is 0. The van der Waals surface area contributed by atoms with Gasteiger partial charge in [-0.2, -0.15) is 0 Å². The molecule has 2 rings (SSSR count). The molecular formula is C11H16N4O2. The number of carbonyl (C=O) groups excluding carboxylic acids is 1. The van der Waals surface area contributed by atoms with Crippen LogP contribution in [0.3, 0.4) is 0 Å². The topological polar surface area (TPSA) is 80.5 Å². The number of pyridine rings is 1. The predicted octanol–water partition coefficient (Wildman–Crippen LogP) is 0.376. The lowest BCUT2D eigenvalue weighted by atomic mass is 10.3. The molecule has 6 nitrogen and oxygen atoms in total. The minimum Gasteiger partial charge on any atom is -0.408 e. The van der Waals surface area contributed by atoms with Crippen LogP contribution in [0.5, 0.6) is 5.75 Å². The molecule has 3 N–H and O–H groups in total. The van der Waals surface area contributed by atoms with Gasteiger partial charge >= 0.3 is 6.09 Å². The summed E-state index contributed by atoms with van der Waals surface area (Å²) < 4.78 is 5.28. The fraction of sp³-hybridized carbons (Fsp3) is 0.455. The average Bonchev–Trinajstić information content (AvgIpc) is 2.34. The van der Waals surface area contributed by atoms with Crippen molar-refractivity contribution >= 4 is 11.9 Å². The summed E-state index contributed by atoms with van der Waals surface area (Å²) in [5.41, 5.74) is 6.15. The van der Waals surface area contributed by atoms with E-state index in [2.05, 4.69) is 10.3 Å². The van der Waals surface area contributed by atoms with Crippen LogP contribution in [-0.4, -0.2) is 42.2 Å². The van der Waals surface area contributed by atoms with Crippen molar-refractivity contribution in [3.8, 4) is 5.75 Å². The van der Waals surface area contributed by atoms with E-state index in [1.807, 2.05) is 0 Å². The largest absolute Gasteiger partial charge is 0.415 e. The maximum absolute atomic E-state index is 11.8. The van der Waals surface area contributed by atoms with Gasteiger partial charge in [0.2, 0.25) is 0 Å². The Bertz CT molecular complexity index is 416. The third-order valence-electron chi connectivity index (χ3n) is 2.63. The molecule has 1 aromatic rings. The quantitative estimate of drug-likeness (QED) is 0.736. The number of hydrogen-bond donors (Lipinski definition) is 2. The van der Waals surface area contributed by atoms with Crippen molar-refractivity contribution in [1.29, 1.82) is 0 Å². The fourth-order valence-corrected chi connectivity index (χ4v) is 1.68. The number of aryl methyl sites for hydroxylation is 1. The molecule has 1 amide bonds. The number of hydrogen-bond acceptors (Lipinski definition) is 5. The molecule has 0 bridgehead atoms. The molecule has 92 valence electrons. The summed E-state index contributed by atoms with van der Waals surface area (Å²) in [4.78, 5) is 17.5. The number of nitrogens with zero attached hydrogens (tertiary/aromatic N) is 2. The highest BCUT2D eigenvalue weighted by molar-refractivity contribution is 5.71. The van der Waals surface area contributed by atoms with Crippen LogP contribution in [0.1, 0.15) is 5.69 Å². The summed E-state index contributed by atoms with van der Waals surface area (Å²) in [5.74, 6) is 0.882. The highest BCUT2D eigenvalue weighted by atomic mass is 16.6.